The maximum absolute atomic E-state index is 11.4. The zero-order chi connectivity index (χ0) is 21.4. The predicted octanol–water partition coefficient (Wildman–Crippen LogP) is 5.11. The lowest BCUT2D eigenvalue weighted by Crippen LogP contribution is -2.30. The summed E-state index contributed by atoms with van der Waals surface area (Å²) in [5.41, 5.74) is 4.11. The van der Waals surface area contributed by atoms with Crippen molar-refractivity contribution in [3.05, 3.63) is 106 Å². The Labute approximate surface area is 186 Å². The summed E-state index contributed by atoms with van der Waals surface area (Å²) in [7, 11) is 0. The zero-order valence-corrected chi connectivity index (χ0v) is 17.5. The third-order valence-electron chi connectivity index (χ3n) is 6.14. The summed E-state index contributed by atoms with van der Waals surface area (Å²) in [6.07, 6.45) is 5.24. The number of halogens is 1. The molecule has 5 rings (SSSR count). The first-order valence-electron chi connectivity index (χ1n) is 10.3. The molecule has 0 bridgehead atoms. The Morgan fingerprint density at radius 2 is 1.87 bits per heavy atom. The van der Waals surface area contributed by atoms with Gasteiger partial charge < -0.3 is 20.0 Å². The summed E-state index contributed by atoms with van der Waals surface area (Å²) in [5, 5.41) is 15.3. The molecule has 2 aliphatic rings. The van der Waals surface area contributed by atoms with Crippen LogP contribution >= 0.6 is 11.6 Å². The van der Waals surface area contributed by atoms with Crippen LogP contribution in [0.1, 0.15) is 45.4 Å². The van der Waals surface area contributed by atoms with Crippen molar-refractivity contribution in [2.45, 2.75) is 25.0 Å². The van der Waals surface area contributed by atoms with Crippen LogP contribution in [0.25, 0.3) is 0 Å². The van der Waals surface area contributed by atoms with Gasteiger partial charge in [-0.05, 0) is 58.9 Å². The van der Waals surface area contributed by atoms with Gasteiger partial charge in [-0.25, -0.2) is 0 Å². The lowest BCUT2D eigenvalue weighted by molar-refractivity contribution is -0.255. The van der Waals surface area contributed by atoms with E-state index in [1.165, 1.54) is 6.07 Å². The molecule has 1 N–H and O–H groups in total. The molecule has 0 unspecified atom stereocenters. The number of hydrogen-bond acceptors (Lipinski definition) is 4. The monoisotopic (exact) mass is 430 g/mol. The van der Waals surface area contributed by atoms with Crippen molar-refractivity contribution in [1.82, 2.24) is 0 Å². The van der Waals surface area contributed by atoms with E-state index in [-0.39, 0.29) is 23.4 Å². The number of carboxylic acids is 1. The van der Waals surface area contributed by atoms with Crippen LogP contribution < -0.4 is 15.2 Å². The molecule has 1 heterocycles. The van der Waals surface area contributed by atoms with E-state index in [9.17, 15) is 9.90 Å². The van der Waals surface area contributed by atoms with Crippen LogP contribution in [-0.2, 0) is 6.61 Å². The number of carboxylic acid groups (broad SMARTS) is 1. The third kappa shape index (κ3) is 3.79. The maximum Gasteiger partial charge on any atom is 0.119 e. The fourth-order valence-electron chi connectivity index (χ4n) is 4.62. The van der Waals surface area contributed by atoms with Crippen LogP contribution in [0.4, 0.5) is 5.69 Å². The number of fused-ring (bicyclic) bond motifs is 3. The number of carbonyl (C=O) groups excluding carboxylic acids is 1. The minimum absolute atomic E-state index is 0.0713. The second kappa shape index (κ2) is 8.12. The lowest BCUT2D eigenvalue weighted by Gasteiger charge is -2.38. The zero-order valence-electron chi connectivity index (χ0n) is 16.8. The molecule has 3 aromatic rings. The normalized spacial score (nSPS) is 21.1. The van der Waals surface area contributed by atoms with Gasteiger partial charge >= 0.3 is 0 Å². The van der Waals surface area contributed by atoms with Crippen LogP contribution in [0.3, 0.4) is 0 Å². The standard InChI is InChI=1S/C26H22ClNO3/c27-23-14-18(26(29)30)13-22-20-7-4-8-21(20)24(28-25(22)23)17-9-11-19(12-10-17)31-15-16-5-2-1-3-6-16/h1-7,9-14,20-21,24,28H,8,15H2,(H,29,30)/p-1/t20-,21-,24-/m0/s1. The van der Waals surface area contributed by atoms with Gasteiger partial charge in [0, 0.05) is 5.92 Å². The molecule has 1 aliphatic heterocycles. The predicted molar refractivity (Wildman–Crippen MR) is 119 cm³/mol. The van der Waals surface area contributed by atoms with Gasteiger partial charge in [-0.2, -0.15) is 0 Å². The van der Waals surface area contributed by atoms with Crippen LogP contribution in [0.2, 0.25) is 5.02 Å². The second-order valence-corrected chi connectivity index (χ2v) is 8.44. The molecule has 1 aliphatic carbocycles. The van der Waals surface area contributed by atoms with Gasteiger partial charge in [-0.1, -0.05) is 66.2 Å². The average Bonchev–Trinajstić information content (AvgIpc) is 3.29. The highest BCUT2D eigenvalue weighted by atomic mass is 35.5. The molecule has 3 aromatic carbocycles. The number of anilines is 1. The Morgan fingerprint density at radius 1 is 1.10 bits per heavy atom. The van der Waals surface area contributed by atoms with Crippen molar-refractivity contribution >= 4 is 23.3 Å². The largest absolute Gasteiger partial charge is 0.545 e. The third-order valence-corrected chi connectivity index (χ3v) is 6.44. The highest BCUT2D eigenvalue weighted by Gasteiger charge is 2.38. The molecule has 0 aromatic heterocycles. The minimum Gasteiger partial charge on any atom is -0.545 e. The SMILES string of the molecule is O=C([O-])c1cc(Cl)c2c(c1)[C@H]1C=CC[C@@H]1[C@H](c1ccc(OCc3ccccc3)cc1)N2. The highest BCUT2D eigenvalue weighted by Crippen LogP contribution is 2.51. The first-order valence-corrected chi connectivity index (χ1v) is 10.7. The summed E-state index contributed by atoms with van der Waals surface area (Å²) < 4.78 is 5.92. The number of nitrogens with one attached hydrogen (secondary N) is 1. The van der Waals surface area contributed by atoms with Gasteiger partial charge in [-0.15, -0.1) is 0 Å². The number of allylic oxidation sites excluding steroid dienone is 2. The van der Waals surface area contributed by atoms with E-state index < -0.39 is 5.97 Å². The first kappa shape index (κ1) is 19.7. The summed E-state index contributed by atoms with van der Waals surface area (Å²) in [5.74, 6) is 0.0155. The molecule has 0 fully saturated rings. The second-order valence-electron chi connectivity index (χ2n) is 8.03. The van der Waals surface area contributed by atoms with Crippen molar-refractivity contribution in [3.8, 4) is 5.75 Å². The fraction of sp³-hybridized carbons (Fsp3) is 0.192. The number of aromatic carboxylic acids is 1. The van der Waals surface area contributed by atoms with Crippen molar-refractivity contribution in [1.29, 1.82) is 0 Å². The molecule has 3 atom stereocenters. The molecule has 0 radical (unpaired) electrons. The van der Waals surface area contributed by atoms with Gasteiger partial charge in [0.05, 0.1) is 22.7 Å². The Kier molecular flexibility index (Phi) is 5.16. The molecule has 31 heavy (non-hydrogen) atoms. The summed E-state index contributed by atoms with van der Waals surface area (Å²) in [4.78, 5) is 11.4. The van der Waals surface area contributed by atoms with E-state index in [2.05, 4.69) is 29.6 Å². The Hall–Kier alpha value is -3.24. The van der Waals surface area contributed by atoms with E-state index in [1.807, 2.05) is 42.5 Å². The highest BCUT2D eigenvalue weighted by molar-refractivity contribution is 6.33. The molecule has 0 spiro atoms. The quantitative estimate of drug-likeness (QED) is 0.571. The molecule has 0 saturated carbocycles. The molecule has 5 heteroatoms. The van der Waals surface area contributed by atoms with Crippen molar-refractivity contribution in [2.75, 3.05) is 5.32 Å². The van der Waals surface area contributed by atoms with E-state index >= 15 is 0 Å². The average molecular weight is 431 g/mol. The summed E-state index contributed by atoms with van der Waals surface area (Å²) >= 11 is 6.46. The number of hydrogen-bond donors (Lipinski definition) is 1. The summed E-state index contributed by atoms with van der Waals surface area (Å²) in [6.45, 7) is 0.528. The smallest absolute Gasteiger partial charge is 0.119 e. The fourth-order valence-corrected chi connectivity index (χ4v) is 4.90. The van der Waals surface area contributed by atoms with E-state index in [0.717, 1.165) is 34.5 Å². The van der Waals surface area contributed by atoms with Crippen LogP contribution in [0, 0.1) is 5.92 Å². The lowest BCUT2D eigenvalue weighted by atomic mass is 9.76. The molecular weight excluding hydrogens is 410 g/mol. The number of rotatable bonds is 5. The first-order chi connectivity index (χ1) is 15.1. The van der Waals surface area contributed by atoms with Crippen LogP contribution in [0.5, 0.6) is 5.75 Å². The van der Waals surface area contributed by atoms with Gasteiger partial charge in [0.15, 0.2) is 0 Å². The topological polar surface area (TPSA) is 61.4 Å². The Bertz CT molecular complexity index is 1140. The van der Waals surface area contributed by atoms with E-state index in [4.69, 9.17) is 16.3 Å². The number of benzene rings is 3. The molecule has 4 nitrogen and oxygen atoms in total. The van der Waals surface area contributed by atoms with Crippen molar-refractivity contribution in [2.24, 2.45) is 5.92 Å². The van der Waals surface area contributed by atoms with Crippen molar-refractivity contribution < 1.29 is 14.6 Å². The molecule has 0 saturated heterocycles. The minimum atomic E-state index is -1.21. The Balaban J connectivity index is 1.39. The van der Waals surface area contributed by atoms with E-state index in [0.29, 0.717) is 11.6 Å². The van der Waals surface area contributed by atoms with Crippen molar-refractivity contribution in [3.63, 3.8) is 0 Å². The number of ether oxygens (including phenoxy) is 1. The Morgan fingerprint density at radius 3 is 2.61 bits per heavy atom. The van der Waals surface area contributed by atoms with Crippen LogP contribution in [0.15, 0.2) is 78.9 Å². The number of carbonyl (C=O) groups is 1. The maximum atomic E-state index is 11.4. The molecule has 0 amide bonds. The molecular formula is C26H21ClNO3-. The molecule has 156 valence electrons. The van der Waals surface area contributed by atoms with Gasteiger partial charge in [-0.3, -0.25) is 0 Å². The van der Waals surface area contributed by atoms with E-state index in [1.54, 1.807) is 6.07 Å². The van der Waals surface area contributed by atoms with Gasteiger partial charge in [0.1, 0.15) is 12.4 Å². The van der Waals surface area contributed by atoms with Gasteiger partial charge in [0.25, 0.3) is 0 Å². The van der Waals surface area contributed by atoms with Gasteiger partial charge in [0.2, 0.25) is 0 Å². The van der Waals surface area contributed by atoms with Crippen LogP contribution in [-0.4, -0.2) is 5.97 Å². The summed E-state index contributed by atoms with van der Waals surface area (Å²) in [6, 6.07) is 21.5.